The van der Waals surface area contributed by atoms with Crippen molar-refractivity contribution in [1.29, 1.82) is 0 Å². The second-order valence-electron chi connectivity index (χ2n) is 6.41. The van der Waals surface area contributed by atoms with Crippen molar-refractivity contribution in [1.82, 2.24) is 10.1 Å². The van der Waals surface area contributed by atoms with Crippen molar-refractivity contribution in [2.24, 2.45) is 0 Å². The molecule has 0 bridgehead atoms. The van der Waals surface area contributed by atoms with Crippen molar-refractivity contribution >= 4 is 23.4 Å². The molecule has 0 fully saturated rings. The van der Waals surface area contributed by atoms with Gasteiger partial charge in [-0.05, 0) is 56.2 Å². The van der Waals surface area contributed by atoms with E-state index >= 15 is 0 Å². The summed E-state index contributed by atoms with van der Waals surface area (Å²) in [6.07, 6.45) is 0.902. The fourth-order valence-corrected chi connectivity index (χ4v) is 3.99. The molecule has 1 atom stereocenters. The summed E-state index contributed by atoms with van der Waals surface area (Å²) in [6.45, 7) is 3.89. The molecule has 2 heterocycles. The molecule has 0 spiro atoms. The molecule has 0 saturated carbocycles. The first-order chi connectivity index (χ1) is 12.6. The second-order valence-corrected chi connectivity index (χ2v) is 7.45. The van der Waals surface area contributed by atoms with E-state index in [1.54, 1.807) is 18.7 Å². The van der Waals surface area contributed by atoms with E-state index in [1.165, 1.54) is 5.56 Å². The standard InChI is InChI=1S/C20H19N3O2S/c1-13-11-16-5-3-4-6-18(16)23(13)20(24)15-7-9-17(10-8-15)26-12-19-21-14(2)22-25-19/h3-10,13H,11-12H2,1-2H3/t13-/m0/s1. The highest BCUT2D eigenvalue weighted by Crippen LogP contribution is 2.33. The predicted molar refractivity (Wildman–Crippen MR) is 101 cm³/mol. The lowest BCUT2D eigenvalue weighted by molar-refractivity contribution is 0.0981. The molecule has 0 radical (unpaired) electrons. The fourth-order valence-electron chi connectivity index (χ4n) is 3.25. The summed E-state index contributed by atoms with van der Waals surface area (Å²) in [7, 11) is 0. The number of thioether (sulfide) groups is 1. The zero-order chi connectivity index (χ0) is 18.1. The second kappa shape index (κ2) is 6.96. The number of para-hydroxylation sites is 1. The molecule has 1 amide bonds. The summed E-state index contributed by atoms with van der Waals surface area (Å²) in [5.74, 6) is 1.91. The van der Waals surface area contributed by atoms with Crippen LogP contribution in [-0.2, 0) is 12.2 Å². The smallest absolute Gasteiger partial charge is 0.258 e. The summed E-state index contributed by atoms with van der Waals surface area (Å²) < 4.78 is 5.12. The van der Waals surface area contributed by atoms with E-state index in [0.29, 0.717) is 23.0 Å². The number of nitrogens with zero attached hydrogens (tertiary/aromatic N) is 3. The summed E-state index contributed by atoms with van der Waals surface area (Å²) in [5, 5.41) is 3.79. The van der Waals surface area contributed by atoms with Crippen LogP contribution in [-0.4, -0.2) is 22.1 Å². The maximum atomic E-state index is 13.0. The number of carbonyl (C=O) groups is 1. The van der Waals surface area contributed by atoms with Crippen molar-refractivity contribution < 1.29 is 9.32 Å². The lowest BCUT2D eigenvalue weighted by atomic mass is 10.1. The zero-order valence-corrected chi connectivity index (χ0v) is 15.5. The van der Waals surface area contributed by atoms with Gasteiger partial charge in [0, 0.05) is 22.2 Å². The van der Waals surface area contributed by atoms with Gasteiger partial charge in [0.15, 0.2) is 5.82 Å². The third-order valence-corrected chi connectivity index (χ3v) is 5.46. The molecule has 0 aliphatic carbocycles. The van der Waals surface area contributed by atoms with Crippen LogP contribution in [0.2, 0.25) is 0 Å². The Morgan fingerprint density at radius 1 is 1.23 bits per heavy atom. The van der Waals surface area contributed by atoms with Crippen LogP contribution in [0.4, 0.5) is 5.69 Å². The van der Waals surface area contributed by atoms with Gasteiger partial charge in [0.25, 0.3) is 5.91 Å². The maximum absolute atomic E-state index is 13.0. The Balaban J connectivity index is 1.47. The van der Waals surface area contributed by atoms with E-state index in [4.69, 9.17) is 4.52 Å². The number of amides is 1. The van der Waals surface area contributed by atoms with Crippen LogP contribution in [0, 0.1) is 6.92 Å². The number of fused-ring (bicyclic) bond motifs is 1. The molecule has 4 rings (SSSR count). The molecule has 0 N–H and O–H groups in total. The predicted octanol–water partition coefficient (Wildman–Crippen LogP) is 4.26. The molecule has 132 valence electrons. The van der Waals surface area contributed by atoms with Crippen LogP contribution in [0.3, 0.4) is 0 Å². The highest BCUT2D eigenvalue weighted by Gasteiger charge is 2.31. The van der Waals surface area contributed by atoms with Gasteiger partial charge in [-0.2, -0.15) is 4.98 Å². The van der Waals surface area contributed by atoms with E-state index in [2.05, 4.69) is 23.1 Å². The molecule has 1 aliphatic heterocycles. The van der Waals surface area contributed by atoms with E-state index in [1.807, 2.05) is 47.4 Å². The molecule has 0 unspecified atom stereocenters. The minimum atomic E-state index is 0.0477. The number of hydrogen-bond donors (Lipinski definition) is 0. The SMILES string of the molecule is Cc1noc(CSc2ccc(C(=O)N3c4ccccc4C[C@@H]3C)cc2)n1. The van der Waals surface area contributed by atoms with Gasteiger partial charge >= 0.3 is 0 Å². The Morgan fingerprint density at radius 3 is 2.73 bits per heavy atom. The monoisotopic (exact) mass is 365 g/mol. The average Bonchev–Trinajstić information content (AvgIpc) is 3.22. The zero-order valence-electron chi connectivity index (χ0n) is 14.7. The third kappa shape index (κ3) is 3.24. The number of aromatic nitrogens is 2. The molecule has 1 aliphatic rings. The van der Waals surface area contributed by atoms with E-state index in [0.717, 1.165) is 17.0 Å². The number of benzene rings is 2. The fraction of sp³-hybridized carbons (Fsp3) is 0.250. The van der Waals surface area contributed by atoms with E-state index in [9.17, 15) is 4.79 Å². The van der Waals surface area contributed by atoms with E-state index in [-0.39, 0.29) is 11.9 Å². The lowest BCUT2D eigenvalue weighted by Crippen LogP contribution is -2.35. The summed E-state index contributed by atoms with van der Waals surface area (Å²) in [5.41, 5.74) is 2.96. The van der Waals surface area contributed by atoms with E-state index < -0.39 is 0 Å². The van der Waals surface area contributed by atoms with Gasteiger partial charge in [0.1, 0.15) is 0 Å². The van der Waals surface area contributed by atoms with Crippen LogP contribution in [0.5, 0.6) is 0 Å². The number of aryl methyl sites for hydroxylation is 1. The van der Waals surface area contributed by atoms with Crippen LogP contribution >= 0.6 is 11.8 Å². The van der Waals surface area contributed by atoms with Crippen molar-refractivity contribution in [3.63, 3.8) is 0 Å². The molecule has 5 nitrogen and oxygen atoms in total. The molecular weight excluding hydrogens is 346 g/mol. The third-order valence-electron chi connectivity index (χ3n) is 4.46. The topological polar surface area (TPSA) is 59.2 Å². The van der Waals surface area contributed by atoms with Crippen molar-refractivity contribution in [3.8, 4) is 0 Å². The van der Waals surface area contributed by atoms with Crippen LogP contribution in [0.1, 0.15) is 34.6 Å². The lowest BCUT2D eigenvalue weighted by Gasteiger charge is -2.22. The summed E-state index contributed by atoms with van der Waals surface area (Å²) >= 11 is 1.61. The highest BCUT2D eigenvalue weighted by molar-refractivity contribution is 7.98. The number of carbonyl (C=O) groups excluding carboxylic acids is 1. The van der Waals surface area contributed by atoms with Crippen molar-refractivity contribution in [2.75, 3.05) is 4.90 Å². The Bertz CT molecular complexity index is 936. The van der Waals surface area contributed by atoms with Crippen LogP contribution in [0.25, 0.3) is 0 Å². The van der Waals surface area contributed by atoms with Gasteiger partial charge in [-0.1, -0.05) is 23.4 Å². The quantitative estimate of drug-likeness (QED) is 0.647. The van der Waals surface area contributed by atoms with Gasteiger partial charge in [-0.25, -0.2) is 0 Å². The number of rotatable bonds is 4. The normalized spacial score (nSPS) is 15.9. The van der Waals surface area contributed by atoms with Crippen LogP contribution < -0.4 is 4.90 Å². The van der Waals surface area contributed by atoms with Gasteiger partial charge < -0.3 is 9.42 Å². The van der Waals surface area contributed by atoms with Crippen molar-refractivity contribution in [2.45, 2.75) is 37.0 Å². The molecule has 26 heavy (non-hydrogen) atoms. The minimum absolute atomic E-state index is 0.0477. The molecule has 6 heteroatoms. The molecular formula is C20H19N3O2S. The van der Waals surface area contributed by atoms with Crippen molar-refractivity contribution in [3.05, 3.63) is 71.4 Å². The van der Waals surface area contributed by atoms with Gasteiger partial charge in [0.2, 0.25) is 5.89 Å². The largest absolute Gasteiger partial charge is 0.338 e. The number of hydrogen-bond acceptors (Lipinski definition) is 5. The molecule has 3 aromatic rings. The Hall–Kier alpha value is -2.60. The first kappa shape index (κ1) is 16.8. The summed E-state index contributed by atoms with van der Waals surface area (Å²) in [6, 6.07) is 16.0. The Labute approximate surface area is 156 Å². The average molecular weight is 365 g/mol. The summed E-state index contributed by atoms with van der Waals surface area (Å²) in [4.78, 5) is 20.2. The van der Waals surface area contributed by atoms with Gasteiger partial charge in [-0.3, -0.25) is 4.79 Å². The van der Waals surface area contributed by atoms with Gasteiger partial charge in [0.05, 0.1) is 5.75 Å². The number of anilines is 1. The first-order valence-electron chi connectivity index (χ1n) is 8.55. The maximum Gasteiger partial charge on any atom is 0.258 e. The van der Waals surface area contributed by atoms with Gasteiger partial charge in [-0.15, -0.1) is 11.8 Å². The Kier molecular flexibility index (Phi) is 4.51. The Morgan fingerprint density at radius 2 is 2.00 bits per heavy atom. The molecule has 1 aromatic heterocycles. The minimum Gasteiger partial charge on any atom is -0.338 e. The van der Waals surface area contributed by atoms with Crippen LogP contribution in [0.15, 0.2) is 57.9 Å². The highest BCUT2D eigenvalue weighted by atomic mass is 32.2. The first-order valence-corrected chi connectivity index (χ1v) is 9.54. The molecule has 0 saturated heterocycles. The molecule has 2 aromatic carbocycles.